The molecule has 1 heterocycles. The highest BCUT2D eigenvalue weighted by molar-refractivity contribution is 7.89. The lowest BCUT2D eigenvalue weighted by Gasteiger charge is -2.08. The number of hydrogen-bond acceptors (Lipinski definition) is 6. The topological polar surface area (TPSA) is 108 Å². The van der Waals surface area contributed by atoms with Crippen LogP contribution in [0.4, 0.5) is 5.82 Å². The summed E-state index contributed by atoms with van der Waals surface area (Å²) in [6, 6.07) is 0. The first kappa shape index (κ1) is 16.9. The SMILES string of the molecule is COCCOCCCCNS(=O)(=O)c1c(N)ncn1C. The number of nitrogens with zero attached hydrogens (tertiary/aromatic N) is 2. The number of hydrogen-bond donors (Lipinski definition) is 2. The maximum Gasteiger partial charge on any atom is 0.260 e. The van der Waals surface area contributed by atoms with Crippen molar-refractivity contribution < 1.29 is 17.9 Å². The molecule has 0 fully saturated rings. The summed E-state index contributed by atoms with van der Waals surface area (Å²) in [6.07, 6.45) is 2.82. The summed E-state index contributed by atoms with van der Waals surface area (Å²) < 4.78 is 38.0. The third-order valence-electron chi connectivity index (χ3n) is 2.60. The van der Waals surface area contributed by atoms with E-state index in [1.165, 1.54) is 10.9 Å². The number of unbranched alkanes of at least 4 members (excludes halogenated alkanes) is 1. The molecule has 0 aliphatic heterocycles. The molecule has 8 nitrogen and oxygen atoms in total. The van der Waals surface area contributed by atoms with E-state index in [4.69, 9.17) is 15.2 Å². The molecule has 0 saturated carbocycles. The highest BCUT2D eigenvalue weighted by Gasteiger charge is 2.21. The number of nitrogens with one attached hydrogen (secondary N) is 1. The van der Waals surface area contributed by atoms with Crippen LogP contribution in [0, 0.1) is 0 Å². The Hall–Kier alpha value is -1.16. The van der Waals surface area contributed by atoms with Gasteiger partial charge in [0.1, 0.15) is 0 Å². The first-order valence-corrected chi connectivity index (χ1v) is 7.80. The van der Waals surface area contributed by atoms with Crippen LogP contribution in [-0.4, -0.2) is 51.4 Å². The molecule has 0 aromatic carbocycles. The van der Waals surface area contributed by atoms with E-state index >= 15 is 0 Å². The first-order valence-electron chi connectivity index (χ1n) is 6.32. The average molecular weight is 306 g/mol. The zero-order chi connectivity index (χ0) is 15.0. The lowest BCUT2D eigenvalue weighted by molar-refractivity contribution is 0.0689. The van der Waals surface area contributed by atoms with Crippen molar-refractivity contribution in [3.05, 3.63) is 6.33 Å². The van der Waals surface area contributed by atoms with E-state index in [1.807, 2.05) is 0 Å². The van der Waals surface area contributed by atoms with E-state index in [0.29, 0.717) is 32.8 Å². The average Bonchev–Trinajstić information content (AvgIpc) is 2.73. The van der Waals surface area contributed by atoms with Crippen molar-refractivity contribution >= 4 is 15.8 Å². The fourth-order valence-electron chi connectivity index (χ4n) is 1.61. The zero-order valence-corrected chi connectivity index (χ0v) is 12.6. The molecule has 0 radical (unpaired) electrons. The number of nitrogen functional groups attached to an aromatic ring is 1. The van der Waals surface area contributed by atoms with Crippen LogP contribution in [0.3, 0.4) is 0 Å². The van der Waals surface area contributed by atoms with Crippen LogP contribution in [0.5, 0.6) is 0 Å². The second-order valence-electron chi connectivity index (χ2n) is 4.26. The first-order chi connectivity index (χ1) is 9.49. The maximum absolute atomic E-state index is 12.0. The van der Waals surface area contributed by atoms with Gasteiger partial charge in [0.2, 0.25) is 0 Å². The van der Waals surface area contributed by atoms with Gasteiger partial charge in [0.25, 0.3) is 10.0 Å². The fraction of sp³-hybridized carbons (Fsp3) is 0.727. The molecule has 0 unspecified atom stereocenters. The largest absolute Gasteiger partial charge is 0.382 e. The lowest BCUT2D eigenvalue weighted by atomic mass is 10.3. The van der Waals surface area contributed by atoms with Gasteiger partial charge in [0.15, 0.2) is 10.8 Å². The molecule has 0 aliphatic rings. The number of ether oxygens (including phenoxy) is 2. The van der Waals surface area contributed by atoms with Gasteiger partial charge in [-0.15, -0.1) is 0 Å². The van der Waals surface area contributed by atoms with Gasteiger partial charge in [0.05, 0.1) is 19.5 Å². The number of methoxy groups -OCH3 is 1. The number of aryl methyl sites for hydroxylation is 1. The molecule has 0 amide bonds. The van der Waals surface area contributed by atoms with E-state index in [9.17, 15) is 8.42 Å². The van der Waals surface area contributed by atoms with E-state index < -0.39 is 10.0 Å². The smallest absolute Gasteiger partial charge is 0.260 e. The predicted octanol–water partition coefficient (Wildman–Crippen LogP) is -0.276. The third-order valence-corrected chi connectivity index (χ3v) is 4.19. The van der Waals surface area contributed by atoms with E-state index in [2.05, 4.69) is 9.71 Å². The molecule has 1 rings (SSSR count). The quantitative estimate of drug-likeness (QED) is 0.576. The van der Waals surface area contributed by atoms with Crippen molar-refractivity contribution in [2.75, 3.05) is 39.2 Å². The Morgan fingerprint density at radius 1 is 1.35 bits per heavy atom. The van der Waals surface area contributed by atoms with Crippen molar-refractivity contribution in [1.82, 2.24) is 14.3 Å². The number of imidazole rings is 1. The van der Waals surface area contributed by atoms with Crippen LogP contribution >= 0.6 is 0 Å². The van der Waals surface area contributed by atoms with E-state index in [0.717, 1.165) is 6.42 Å². The van der Waals surface area contributed by atoms with Crippen LogP contribution in [0.2, 0.25) is 0 Å². The molecule has 20 heavy (non-hydrogen) atoms. The number of rotatable bonds is 10. The Morgan fingerprint density at radius 2 is 2.10 bits per heavy atom. The molecule has 1 aromatic rings. The molecular formula is C11H22N4O4S. The summed E-state index contributed by atoms with van der Waals surface area (Å²) in [5, 5.41) is -0.00570. The van der Waals surface area contributed by atoms with Gasteiger partial charge in [-0.1, -0.05) is 0 Å². The van der Waals surface area contributed by atoms with Crippen molar-refractivity contribution in [2.24, 2.45) is 7.05 Å². The number of aromatic nitrogens is 2. The molecule has 0 atom stereocenters. The second kappa shape index (κ2) is 8.20. The summed E-state index contributed by atoms with van der Waals surface area (Å²) in [6.45, 7) is 2.03. The minimum atomic E-state index is -3.62. The number of nitrogens with two attached hydrogens (primary N) is 1. The molecular weight excluding hydrogens is 284 g/mol. The van der Waals surface area contributed by atoms with Gasteiger partial charge in [-0.2, -0.15) is 0 Å². The highest BCUT2D eigenvalue weighted by Crippen LogP contribution is 2.14. The molecule has 1 aromatic heterocycles. The summed E-state index contributed by atoms with van der Waals surface area (Å²) in [5.41, 5.74) is 5.54. The van der Waals surface area contributed by atoms with E-state index in [1.54, 1.807) is 14.2 Å². The van der Waals surface area contributed by atoms with Crippen molar-refractivity contribution in [3.8, 4) is 0 Å². The van der Waals surface area contributed by atoms with Gasteiger partial charge in [-0.3, -0.25) is 0 Å². The minimum absolute atomic E-state index is 0.00268. The van der Waals surface area contributed by atoms with E-state index in [-0.39, 0.29) is 10.8 Å². The summed E-state index contributed by atoms with van der Waals surface area (Å²) in [7, 11) is -0.417. The fourth-order valence-corrected chi connectivity index (χ4v) is 2.92. The Morgan fingerprint density at radius 3 is 2.70 bits per heavy atom. The van der Waals surface area contributed by atoms with Crippen LogP contribution in [0.1, 0.15) is 12.8 Å². The third kappa shape index (κ3) is 5.08. The standard InChI is InChI=1S/C11H22N4O4S/c1-15-9-13-10(12)11(15)20(16,17)14-5-3-4-6-19-8-7-18-2/h9,14H,3-8,12H2,1-2H3. The lowest BCUT2D eigenvalue weighted by Crippen LogP contribution is -2.27. The Bertz CT molecular complexity index is 481. The molecule has 116 valence electrons. The van der Waals surface area contributed by atoms with Crippen LogP contribution in [-0.2, 0) is 26.5 Å². The number of sulfonamides is 1. The van der Waals surface area contributed by atoms with Gasteiger partial charge >= 0.3 is 0 Å². The van der Waals surface area contributed by atoms with Crippen molar-refractivity contribution in [1.29, 1.82) is 0 Å². The second-order valence-corrected chi connectivity index (χ2v) is 5.94. The Balaban J connectivity index is 2.28. The monoisotopic (exact) mass is 306 g/mol. The van der Waals surface area contributed by atoms with Crippen molar-refractivity contribution in [2.45, 2.75) is 17.9 Å². The van der Waals surface area contributed by atoms with Gasteiger partial charge in [0, 0.05) is 27.3 Å². The molecule has 9 heteroatoms. The molecule has 0 saturated heterocycles. The van der Waals surface area contributed by atoms with Crippen LogP contribution in [0.15, 0.2) is 11.4 Å². The van der Waals surface area contributed by atoms with Gasteiger partial charge in [-0.05, 0) is 12.8 Å². The summed E-state index contributed by atoms with van der Waals surface area (Å²) in [4.78, 5) is 3.76. The predicted molar refractivity (Wildman–Crippen MR) is 74.7 cm³/mol. The normalized spacial score (nSPS) is 11.9. The number of anilines is 1. The summed E-state index contributed by atoms with van der Waals surface area (Å²) in [5.74, 6) is 0.00268. The van der Waals surface area contributed by atoms with Gasteiger partial charge < -0.3 is 19.8 Å². The zero-order valence-electron chi connectivity index (χ0n) is 11.8. The maximum atomic E-state index is 12.0. The van der Waals surface area contributed by atoms with Gasteiger partial charge in [-0.25, -0.2) is 18.1 Å². The Kier molecular flexibility index (Phi) is 6.93. The molecule has 0 aliphatic carbocycles. The minimum Gasteiger partial charge on any atom is -0.382 e. The summed E-state index contributed by atoms with van der Waals surface area (Å²) >= 11 is 0. The highest BCUT2D eigenvalue weighted by atomic mass is 32.2. The molecule has 0 bridgehead atoms. The Labute approximate surface area is 119 Å². The van der Waals surface area contributed by atoms with Crippen LogP contribution < -0.4 is 10.5 Å². The van der Waals surface area contributed by atoms with Crippen molar-refractivity contribution in [3.63, 3.8) is 0 Å². The molecule has 0 spiro atoms. The molecule has 3 N–H and O–H groups in total. The van der Waals surface area contributed by atoms with Crippen LogP contribution in [0.25, 0.3) is 0 Å².